The normalized spacial score (nSPS) is 10.6. The van der Waals surface area contributed by atoms with E-state index in [4.69, 9.17) is 4.74 Å². The van der Waals surface area contributed by atoms with Crippen molar-refractivity contribution in [2.75, 3.05) is 12.4 Å². The lowest BCUT2D eigenvalue weighted by atomic mass is 10.1. The average Bonchev–Trinajstić information content (AvgIpc) is 2.65. The maximum atomic E-state index is 5.22. The van der Waals surface area contributed by atoms with E-state index in [1.165, 1.54) is 22.5 Å². The topological polar surface area (TPSA) is 26.2 Å². The summed E-state index contributed by atoms with van der Waals surface area (Å²) >= 11 is 0. The Kier molecular flexibility index (Phi) is 3.84. The Balaban J connectivity index is 2.12. The van der Waals surface area contributed by atoms with Gasteiger partial charge in [-0.1, -0.05) is 0 Å². The first-order valence-corrected chi connectivity index (χ1v) is 6.53. The molecule has 0 saturated carbocycles. The molecule has 2 aromatic rings. The second kappa shape index (κ2) is 5.39. The van der Waals surface area contributed by atoms with Gasteiger partial charge in [0.05, 0.1) is 7.11 Å². The molecule has 0 aliphatic heterocycles. The molecule has 3 nitrogen and oxygen atoms in total. The van der Waals surface area contributed by atoms with Crippen molar-refractivity contribution in [3.8, 4) is 5.75 Å². The van der Waals surface area contributed by atoms with Gasteiger partial charge in [0, 0.05) is 30.7 Å². The third kappa shape index (κ3) is 2.75. The predicted octanol–water partition coefficient (Wildman–Crippen LogP) is 3.57. The van der Waals surface area contributed by atoms with E-state index in [-0.39, 0.29) is 0 Å². The van der Waals surface area contributed by atoms with Gasteiger partial charge in [0.1, 0.15) is 5.75 Å². The first kappa shape index (κ1) is 13.5. The molecule has 1 N–H and O–H groups in total. The van der Waals surface area contributed by atoms with Crippen LogP contribution in [0.5, 0.6) is 5.75 Å². The van der Waals surface area contributed by atoms with Crippen LogP contribution in [0.2, 0.25) is 0 Å². The van der Waals surface area contributed by atoms with E-state index in [0.29, 0.717) is 0 Å². The fourth-order valence-electron chi connectivity index (χ4n) is 2.26. The number of rotatable bonds is 4. The number of hydrogen-bond donors (Lipinski definition) is 1. The van der Waals surface area contributed by atoms with Gasteiger partial charge in [-0.25, -0.2) is 0 Å². The second-order valence-electron chi connectivity index (χ2n) is 4.99. The highest BCUT2D eigenvalue weighted by Crippen LogP contribution is 2.22. The molecule has 0 spiro atoms. The largest absolute Gasteiger partial charge is 0.497 e. The molecule has 0 fully saturated rings. The first-order valence-electron chi connectivity index (χ1n) is 6.53. The molecule has 1 aromatic heterocycles. The minimum absolute atomic E-state index is 0.848. The zero-order chi connectivity index (χ0) is 14.0. The number of aromatic nitrogens is 1. The molecule has 102 valence electrons. The summed E-state index contributed by atoms with van der Waals surface area (Å²) < 4.78 is 7.44. The van der Waals surface area contributed by atoms with Crippen LogP contribution in [-0.4, -0.2) is 11.7 Å². The van der Waals surface area contributed by atoms with Crippen LogP contribution in [-0.2, 0) is 13.6 Å². The van der Waals surface area contributed by atoms with E-state index in [1.54, 1.807) is 7.11 Å². The maximum absolute atomic E-state index is 5.22. The number of hydrogen-bond acceptors (Lipinski definition) is 2. The smallest absolute Gasteiger partial charge is 0.119 e. The SMILES string of the molecule is COc1ccc(NCc2cc(C)n(C)c2C)c(C)c1. The van der Waals surface area contributed by atoms with Crippen LogP contribution in [0.3, 0.4) is 0 Å². The van der Waals surface area contributed by atoms with Crippen molar-refractivity contribution in [1.29, 1.82) is 0 Å². The van der Waals surface area contributed by atoms with Crippen molar-refractivity contribution in [3.63, 3.8) is 0 Å². The molecule has 0 amide bonds. The third-order valence-corrected chi connectivity index (χ3v) is 3.78. The summed E-state index contributed by atoms with van der Waals surface area (Å²) in [7, 11) is 3.80. The fraction of sp³-hybridized carbons (Fsp3) is 0.375. The Bertz CT molecular complexity index is 585. The summed E-state index contributed by atoms with van der Waals surface area (Å²) in [6.45, 7) is 7.23. The minimum atomic E-state index is 0.848. The van der Waals surface area contributed by atoms with Crippen LogP contribution in [0.25, 0.3) is 0 Å². The van der Waals surface area contributed by atoms with Crippen molar-refractivity contribution in [2.24, 2.45) is 7.05 Å². The Labute approximate surface area is 115 Å². The van der Waals surface area contributed by atoms with Crippen molar-refractivity contribution >= 4 is 5.69 Å². The van der Waals surface area contributed by atoms with E-state index < -0.39 is 0 Å². The molecule has 0 unspecified atom stereocenters. The van der Waals surface area contributed by atoms with Crippen molar-refractivity contribution in [1.82, 2.24) is 4.57 Å². The zero-order valence-corrected chi connectivity index (χ0v) is 12.4. The maximum Gasteiger partial charge on any atom is 0.119 e. The third-order valence-electron chi connectivity index (χ3n) is 3.78. The Morgan fingerprint density at radius 2 is 1.89 bits per heavy atom. The summed E-state index contributed by atoms with van der Waals surface area (Å²) in [5.74, 6) is 0.898. The Morgan fingerprint density at radius 3 is 2.42 bits per heavy atom. The van der Waals surface area contributed by atoms with Gasteiger partial charge >= 0.3 is 0 Å². The molecule has 0 bridgehead atoms. The van der Waals surface area contributed by atoms with Gasteiger partial charge in [-0.15, -0.1) is 0 Å². The van der Waals surface area contributed by atoms with Crippen molar-refractivity contribution in [2.45, 2.75) is 27.3 Å². The highest BCUT2D eigenvalue weighted by molar-refractivity contribution is 5.54. The van der Waals surface area contributed by atoms with Gasteiger partial charge in [-0.3, -0.25) is 0 Å². The van der Waals surface area contributed by atoms with Crippen LogP contribution in [0.15, 0.2) is 24.3 Å². The number of aryl methyl sites for hydroxylation is 2. The van der Waals surface area contributed by atoms with Crippen LogP contribution >= 0.6 is 0 Å². The number of benzene rings is 1. The lowest BCUT2D eigenvalue weighted by Gasteiger charge is -2.11. The molecule has 3 heteroatoms. The van der Waals surface area contributed by atoms with Gasteiger partial charge < -0.3 is 14.6 Å². The second-order valence-corrected chi connectivity index (χ2v) is 4.99. The number of nitrogens with zero attached hydrogens (tertiary/aromatic N) is 1. The molecular formula is C16H22N2O. The van der Waals surface area contributed by atoms with Gasteiger partial charge in [-0.05, 0) is 56.2 Å². The van der Waals surface area contributed by atoms with Gasteiger partial charge in [0.2, 0.25) is 0 Å². The van der Waals surface area contributed by atoms with Crippen molar-refractivity contribution < 1.29 is 4.74 Å². The highest BCUT2D eigenvalue weighted by atomic mass is 16.5. The predicted molar refractivity (Wildman–Crippen MR) is 79.9 cm³/mol. The molecule has 0 saturated heterocycles. The lowest BCUT2D eigenvalue weighted by molar-refractivity contribution is 0.414. The van der Waals surface area contributed by atoms with Crippen LogP contribution in [0.1, 0.15) is 22.5 Å². The number of ether oxygens (including phenoxy) is 1. The summed E-state index contributed by atoms with van der Waals surface area (Å²) in [5, 5.41) is 3.49. The van der Waals surface area contributed by atoms with Gasteiger partial charge in [0.15, 0.2) is 0 Å². The van der Waals surface area contributed by atoms with Gasteiger partial charge in [0.25, 0.3) is 0 Å². The average molecular weight is 258 g/mol. The van der Waals surface area contributed by atoms with E-state index in [0.717, 1.165) is 18.0 Å². The molecule has 0 aliphatic carbocycles. The Hall–Kier alpha value is -1.90. The van der Waals surface area contributed by atoms with E-state index >= 15 is 0 Å². The Morgan fingerprint density at radius 1 is 1.16 bits per heavy atom. The quantitative estimate of drug-likeness (QED) is 0.907. The molecule has 0 radical (unpaired) electrons. The number of anilines is 1. The fourth-order valence-corrected chi connectivity index (χ4v) is 2.26. The van der Waals surface area contributed by atoms with E-state index in [9.17, 15) is 0 Å². The highest BCUT2D eigenvalue weighted by Gasteiger charge is 2.06. The summed E-state index contributed by atoms with van der Waals surface area (Å²) in [5.41, 5.74) is 6.30. The monoisotopic (exact) mass is 258 g/mol. The first-order chi connectivity index (χ1) is 9.02. The number of nitrogens with one attached hydrogen (secondary N) is 1. The molecule has 0 aliphatic rings. The van der Waals surface area contributed by atoms with Gasteiger partial charge in [-0.2, -0.15) is 0 Å². The van der Waals surface area contributed by atoms with Crippen LogP contribution < -0.4 is 10.1 Å². The van der Waals surface area contributed by atoms with E-state index in [2.05, 4.69) is 49.8 Å². The molecule has 1 heterocycles. The molecule has 0 atom stereocenters. The molecule has 19 heavy (non-hydrogen) atoms. The lowest BCUT2D eigenvalue weighted by Crippen LogP contribution is -2.02. The standard InChI is InChI=1S/C16H22N2O/c1-11-8-15(19-5)6-7-16(11)17-10-14-9-12(2)18(4)13(14)3/h6-9,17H,10H2,1-5H3. The van der Waals surface area contributed by atoms with Crippen molar-refractivity contribution in [3.05, 3.63) is 46.8 Å². The summed E-state index contributed by atoms with van der Waals surface area (Å²) in [6.07, 6.45) is 0. The summed E-state index contributed by atoms with van der Waals surface area (Å²) in [6, 6.07) is 8.34. The van der Waals surface area contributed by atoms with E-state index in [1.807, 2.05) is 12.1 Å². The molecule has 2 rings (SSSR count). The van der Waals surface area contributed by atoms with Crippen LogP contribution in [0.4, 0.5) is 5.69 Å². The number of methoxy groups -OCH3 is 1. The summed E-state index contributed by atoms with van der Waals surface area (Å²) in [4.78, 5) is 0. The molecule has 1 aromatic carbocycles. The molecular weight excluding hydrogens is 236 g/mol. The minimum Gasteiger partial charge on any atom is -0.497 e. The zero-order valence-electron chi connectivity index (χ0n) is 12.4. The van der Waals surface area contributed by atoms with Crippen LogP contribution in [0, 0.1) is 20.8 Å².